The van der Waals surface area contributed by atoms with Crippen LogP contribution in [-0.2, 0) is 4.74 Å². The summed E-state index contributed by atoms with van der Waals surface area (Å²) in [6.45, 7) is 1.98. The molecule has 0 aromatic carbocycles. The van der Waals surface area contributed by atoms with Gasteiger partial charge in [-0.25, -0.2) is 14.8 Å². The number of amides is 1. The third-order valence-electron chi connectivity index (χ3n) is 8.07. The topological polar surface area (TPSA) is 90.1 Å². The first-order valence-corrected chi connectivity index (χ1v) is 11.6. The number of primary amides is 1. The molecule has 6 nitrogen and oxygen atoms in total. The third kappa shape index (κ3) is 3.71. The van der Waals surface area contributed by atoms with Crippen LogP contribution in [0.1, 0.15) is 87.9 Å². The van der Waals surface area contributed by atoms with Gasteiger partial charge < -0.3 is 15.8 Å². The van der Waals surface area contributed by atoms with Crippen LogP contribution >= 0.6 is 0 Å². The Kier molecular flexibility index (Phi) is 4.91. The molecule has 1 amide bonds. The molecular weight excluding hydrogens is 364 g/mol. The van der Waals surface area contributed by atoms with Gasteiger partial charge in [0.25, 0.3) is 0 Å². The zero-order valence-electron chi connectivity index (χ0n) is 17.5. The number of nitrogens with zero attached hydrogens (tertiary/aromatic N) is 2. The second-order valence-electron chi connectivity index (χ2n) is 10.2. The quantitative estimate of drug-likeness (QED) is 0.719. The fraction of sp³-hybridized carbons (Fsp3) is 0.783. The van der Waals surface area contributed by atoms with Crippen molar-refractivity contribution in [2.45, 2.75) is 95.1 Å². The lowest BCUT2D eigenvalue weighted by Gasteiger charge is -2.59. The highest BCUT2D eigenvalue weighted by Crippen LogP contribution is 2.57. The summed E-state index contributed by atoms with van der Waals surface area (Å²) in [6, 6.07) is 0.412. The maximum Gasteiger partial charge on any atom is 0.405 e. The van der Waals surface area contributed by atoms with Gasteiger partial charge >= 0.3 is 6.09 Å². The van der Waals surface area contributed by atoms with Crippen molar-refractivity contribution in [2.75, 3.05) is 5.32 Å². The molecule has 2 unspecified atom stereocenters. The number of anilines is 1. The number of aromatic nitrogens is 2. The predicted octanol–water partition coefficient (Wildman–Crippen LogP) is 4.68. The number of carbonyl (C=O) groups excluding carboxylic acids is 1. The number of hydrogen-bond donors (Lipinski definition) is 2. The van der Waals surface area contributed by atoms with E-state index in [2.05, 4.69) is 16.5 Å². The molecule has 158 valence electrons. The van der Waals surface area contributed by atoms with E-state index in [1.807, 2.05) is 6.92 Å². The minimum absolute atomic E-state index is 0.313. The smallest absolute Gasteiger partial charge is 0.405 e. The Balaban J connectivity index is 1.38. The van der Waals surface area contributed by atoms with Crippen LogP contribution < -0.4 is 11.1 Å². The second kappa shape index (κ2) is 7.44. The van der Waals surface area contributed by atoms with Crippen LogP contribution in [-0.4, -0.2) is 27.7 Å². The summed E-state index contributed by atoms with van der Waals surface area (Å²) < 4.78 is 5.69. The van der Waals surface area contributed by atoms with E-state index in [1.54, 1.807) is 0 Å². The van der Waals surface area contributed by atoms with Gasteiger partial charge in [0, 0.05) is 17.8 Å². The van der Waals surface area contributed by atoms with Crippen molar-refractivity contribution in [3.63, 3.8) is 0 Å². The summed E-state index contributed by atoms with van der Waals surface area (Å²) in [5, 5.41) is 3.90. The van der Waals surface area contributed by atoms with Crippen molar-refractivity contribution in [3.05, 3.63) is 17.6 Å². The SMILES string of the molecule is Cc1ncc(C2CCCCCC2)c(NC2C3CC4CC2CC(OC(N)=O)(C4)C3)n1. The van der Waals surface area contributed by atoms with Crippen molar-refractivity contribution in [3.8, 4) is 0 Å². The van der Waals surface area contributed by atoms with Gasteiger partial charge in [0.2, 0.25) is 0 Å². The Bertz CT molecular complexity index is 758. The number of nitrogens with two attached hydrogens (primary N) is 1. The van der Waals surface area contributed by atoms with Crippen LogP contribution in [0.5, 0.6) is 0 Å². The van der Waals surface area contributed by atoms with E-state index in [9.17, 15) is 4.79 Å². The van der Waals surface area contributed by atoms with Crippen molar-refractivity contribution in [1.29, 1.82) is 0 Å². The molecule has 1 aromatic heterocycles. The molecule has 5 aliphatic carbocycles. The summed E-state index contributed by atoms with van der Waals surface area (Å²) >= 11 is 0. The van der Waals surface area contributed by atoms with Gasteiger partial charge in [0.1, 0.15) is 17.2 Å². The molecule has 0 saturated heterocycles. The van der Waals surface area contributed by atoms with E-state index in [0.29, 0.717) is 29.7 Å². The van der Waals surface area contributed by atoms with Crippen LogP contribution in [0, 0.1) is 24.7 Å². The standard InChI is InChI=1S/C23H34N4O2/c1-14-25-13-19(16-6-4-2-3-5-7-16)21(26-14)27-20-17-8-15-9-18(20)12-23(10-15,11-17)29-22(24)28/h13,15-18,20H,2-12H2,1H3,(H2,24,28)(H,25,26,27). The molecule has 3 N–H and O–H groups in total. The molecular formula is C23H34N4O2. The van der Waals surface area contributed by atoms with Crippen LogP contribution in [0.25, 0.3) is 0 Å². The van der Waals surface area contributed by atoms with Gasteiger partial charge in [-0.15, -0.1) is 0 Å². The molecule has 4 bridgehead atoms. The van der Waals surface area contributed by atoms with Gasteiger partial charge in [-0.05, 0) is 75.5 Å². The van der Waals surface area contributed by atoms with Crippen LogP contribution in [0.3, 0.4) is 0 Å². The van der Waals surface area contributed by atoms with E-state index in [0.717, 1.165) is 30.9 Å². The van der Waals surface area contributed by atoms with Gasteiger partial charge in [0.05, 0.1) is 0 Å². The Morgan fingerprint density at radius 3 is 2.48 bits per heavy atom. The summed E-state index contributed by atoms with van der Waals surface area (Å²) in [5.41, 5.74) is 6.41. The van der Waals surface area contributed by atoms with E-state index in [4.69, 9.17) is 15.5 Å². The lowest BCUT2D eigenvalue weighted by atomic mass is 9.52. The Labute approximate surface area is 173 Å². The third-order valence-corrected chi connectivity index (χ3v) is 8.07. The number of nitrogens with one attached hydrogen (secondary N) is 1. The van der Waals surface area contributed by atoms with Crippen LogP contribution in [0.4, 0.5) is 10.6 Å². The molecule has 0 radical (unpaired) electrons. The minimum Gasteiger partial charge on any atom is -0.443 e. The fourth-order valence-electron chi connectivity index (χ4n) is 7.17. The van der Waals surface area contributed by atoms with Crippen molar-refractivity contribution < 1.29 is 9.53 Å². The van der Waals surface area contributed by atoms with Crippen molar-refractivity contribution in [2.24, 2.45) is 23.5 Å². The van der Waals surface area contributed by atoms with Gasteiger partial charge in [-0.1, -0.05) is 25.7 Å². The zero-order valence-corrected chi connectivity index (χ0v) is 17.5. The van der Waals surface area contributed by atoms with Crippen molar-refractivity contribution >= 4 is 11.9 Å². The summed E-state index contributed by atoms with van der Waals surface area (Å²) in [5.74, 6) is 4.19. The average Bonchev–Trinajstić information content (AvgIpc) is 2.92. The predicted molar refractivity (Wildman–Crippen MR) is 112 cm³/mol. The average molecular weight is 399 g/mol. The van der Waals surface area contributed by atoms with Crippen LogP contribution in [0.2, 0.25) is 0 Å². The van der Waals surface area contributed by atoms with Gasteiger partial charge in [-0.2, -0.15) is 0 Å². The molecule has 2 atom stereocenters. The van der Waals surface area contributed by atoms with Crippen LogP contribution in [0.15, 0.2) is 6.20 Å². The van der Waals surface area contributed by atoms with Crippen molar-refractivity contribution in [1.82, 2.24) is 9.97 Å². The second-order valence-corrected chi connectivity index (χ2v) is 10.2. The van der Waals surface area contributed by atoms with E-state index in [1.165, 1.54) is 56.9 Å². The first-order valence-electron chi connectivity index (χ1n) is 11.6. The maximum absolute atomic E-state index is 11.5. The van der Waals surface area contributed by atoms with E-state index in [-0.39, 0.29) is 5.60 Å². The lowest BCUT2D eigenvalue weighted by Crippen LogP contribution is -2.60. The molecule has 5 saturated carbocycles. The van der Waals surface area contributed by atoms with Gasteiger partial charge in [0.15, 0.2) is 0 Å². The van der Waals surface area contributed by atoms with E-state index < -0.39 is 6.09 Å². The zero-order chi connectivity index (χ0) is 20.0. The molecule has 1 heterocycles. The number of ether oxygens (including phenoxy) is 1. The minimum atomic E-state index is -0.612. The number of aryl methyl sites for hydroxylation is 1. The molecule has 5 fully saturated rings. The summed E-state index contributed by atoms with van der Waals surface area (Å²) in [7, 11) is 0. The first kappa shape index (κ1) is 19.1. The summed E-state index contributed by atoms with van der Waals surface area (Å²) in [4.78, 5) is 20.9. The number of carbonyl (C=O) groups is 1. The molecule has 5 aliphatic rings. The summed E-state index contributed by atoms with van der Waals surface area (Å²) in [6.07, 6.45) is 14.6. The van der Waals surface area contributed by atoms with Gasteiger partial charge in [-0.3, -0.25) is 0 Å². The molecule has 0 spiro atoms. The highest BCUT2D eigenvalue weighted by atomic mass is 16.6. The molecule has 0 aliphatic heterocycles. The number of rotatable bonds is 4. The monoisotopic (exact) mass is 398 g/mol. The molecule has 29 heavy (non-hydrogen) atoms. The lowest BCUT2D eigenvalue weighted by molar-refractivity contribution is -0.130. The Morgan fingerprint density at radius 2 is 1.83 bits per heavy atom. The first-order chi connectivity index (χ1) is 14.0. The normalized spacial score (nSPS) is 36.6. The molecule has 6 heteroatoms. The Hall–Kier alpha value is -1.85. The fourth-order valence-corrected chi connectivity index (χ4v) is 7.17. The number of hydrogen-bond acceptors (Lipinski definition) is 5. The highest BCUT2D eigenvalue weighted by Gasteiger charge is 2.57. The van der Waals surface area contributed by atoms with E-state index >= 15 is 0 Å². The highest BCUT2D eigenvalue weighted by molar-refractivity contribution is 5.65. The largest absolute Gasteiger partial charge is 0.443 e. The molecule has 6 rings (SSSR count). The maximum atomic E-state index is 11.5. The Morgan fingerprint density at radius 1 is 1.14 bits per heavy atom. The molecule has 1 aromatic rings.